The third-order valence-corrected chi connectivity index (χ3v) is 10.7. The number of rotatable bonds is 46. The van der Waals surface area contributed by atoms with E-state index in [1.165, 1.54) is 77.0 Å². The molecule has 0 radical (unpaired) electrons. The highest BCUT2D eigenvalue weighted by atomic mass is 16.6. The first-order valence-electron chi connectivity index (χ1n) is 26.5. The molecule has 0 aromatic carbocycles. The Kier molecular flexibility index (Phi) is 50.0. The summed E-state index contributed by atoms with van der Waals surface area (Å²) >= 11 is 0. The summed E-state index contributed by atoms with van der Waals surface area (Å²) in [5.41, 5.74) is 0. The van der Waals surface area contributed by atoms with Gasteiger partial charge >= 0.3 is 17.9 Å². The smallest absolute Gasteiger partial charge is 0.306 e. The second-order valence-corrected chi connectivity index (χ2v) is 17.0. The molecule has 0 amide bonds. The number of carbonyl (C=O) groups excluding carboxylic acids is 3. The van der Waals surface area contributed by atoms with Crippen molar-refractivity contribution in [2.75, 3.05) is 13.2 Å². The molecule has 1 unspecified atom stereocenters. The van der Waals surface area contributed by atoms with E-state index in [4.69, 9.17) is 14.2 Å². The van der Waals surface area contributed by atoms with Crippen LogP contribution in [0.1, 0.15) is 220 Å². The normalized spacial score (nSPS) is 13.1. The Labute approximate surface area is 405 Å². The van der Waals surface area contributed by atoms with Gasteiger partial charge in [0.25, 0.3) is 0 Å². The predicted molar refractivity (Wildman–Crippen MR) is 283 cm³/mol. The Balaban J connectivity index is 4.60. The van der Waals surface area contributed by atoms with E-state index >= 15 is 0 Å². The topological polar surface area (TPSA) is 78.9 Å². The first-order valence-corrected chi connectivity index (χ1v) is 26.5. The lowest BCUT2D eigenvalue weighted by atomic mass is 10.1. The van der Waals surface area contributed by atoms with Crippen LogP contribution in [0.2, 0.25) is 0 Å². The molecule has 372 valence electrons. The highest BCUT2D eigenvalue weighted by molar-refractivity contribution is 5.71. The first kappa shape index (κ1) is 61.8. The SMILES string of the molecule is CC/C=C\C/C=C\CCCCCCCCCC(=O)OCC(COC(=O)CCC/C=C\C/C=C\C/C=C\C/C=C\CCCCC)OC(=O)CCC/C=C\C/C=C\C/C=C\C/C=C\CCCCC. The molecule has 0 N–H and O–H groups in total. The maximum Gasteiger partial charge on any atom is 0.306 e. The molecular formula is C60H96O6. The number of hydrogen-bond acceptors (Lipinski definition) is 6. The average Bonchev–Trinajstić information content (AvgIpc) is 3.31. The highest BCUT2D eigenvalue weighted by Crippen LogP contribution is 2.12. The Morgan fingerprint density at radius 1 is 0.318 bits per heavy atom. The second kappa shape index (κ2) is 53.4. The van der Waals surface area contributed by atoms with Crippen molar-refractivity contribution < 1.29 is 28.6 Å². The molecular weight excluding hydrogens is 817 g/mol. The van der Waals surface area contributed by atoms with E-state index in [0.717, 1.165) is 89.9 Å². The van der Waals surface area contributed by atoms with Crippen molar-refractivity contribution >= 4 is 17.9 Å². The summed E-state index contributed by atoms with van der Waals surface area (Å²) in [6.45, 7) is 6.36. The third-order valence-electron chi connectivity index (χ3n) is 10.7. The molecule has 0 heterocycles. The Bertz CT molecular complexity index is 1420. The van der Waals surface area contributed by atoms with E-state index in [9.17, 15) is 14.4 Å². The Morgan fingerprint density at radius 2 is 0.606 bits per heavy atom. The van der Waals surface area contributed by atoms with E-state index in [2.05, 4.69) is 142 Å². The maximum absolute atomic E-state index is 12.8. The summed E-state index contributed by atoms with van der Waals surface area (Å²) in [5, 5.41) is 0. The fraction of sp³-hybridized carbons (Fsp3) is 0.617. The van der Waals surface area contributed by atoms with Gasteiger partial charge in [-0.1, -0.05) is 200 Å². The molecule has 0 fully saturated rings. The monoisotopic (exact) mass is 913 g/mol. The van der Waals surface area contributed by atoms with Crippen molar-refractivity contribution in [1.29, 1.82) is 0 Å². The van der Waals surface area contributed by atoms with Crippen LogP contribution in [-0.2, 0) is 28.6 Å². The molecule has 0 aliphatic heterocycles. The zero-order chi connectivity index (χ0) is 47.9. The fourth-order valence-corrected chi connectivity index (χ4v) is 6.70. The number of allylic oxidation sites excluding steroid dienone is 20. The van der Waals surface area contributed by atoms with Crippen LogP contribution in [0.3, 0.4) is 0 Å². The van der Waals surface area contributed by atoms with Gasteiger partial charge in [0.2, 0.25) is 0 Å². The molecule has 66 heavy (non-hydrogen) atoms. The molecule has 0 saturated heterocycles. The molecule has 6 heteroatoms. The highest BCUT2D eigenvalue weighted by Gasteiger charge is 2.19. The molecule has 0 aromatic heterocycles. The van der Waals surface area contributed by atoms with E-state index in [1.54, 1.807) is 0 Å². The molecule has 6 nitrogen and oxygen atoms in total. The van der Waals surface area contributed by atoms with Gasteiger partial charge in [0.05, 0.1) is 0 Å². The van der Waals surface area contributed by atoms with Crippen LogP contribution in [0.5, 0.6) is 0 Å². The van der Waals surface area contributed by atoms with Gasteiger partial charge in [0.1, 0.15) is 13.2 Å². The van der Waals surface area contributed by atoms with Gasteiger partial charge in [-0.05, 0) is 122 Å². The summed E-state index contributed by atoms with van der Waals surface area (Å²) in [5.74, 6) is -1.05. The molecule has 0 bridgehead atoms. The van der Waals surface area contributed by atoms with Gasteiger partial charge in [-0.2, -0.15) is 0 Å². The van der Waals surface area contributed by atoms with Crippen LogP contribution < -0.4 is 0 Å². The zero-order valence-corrected chi connectivity index (χ0v) is 42.4. The second-order valence-electron chi connectivity index (χ2n) is 17.0. The lowest BCUT2D eigenvalue weighted by molar-refractivity contribution is -0.167. The number of unbranched alkanes of at least 4 members (excludes halogenated alkanes) is 15. The number of ether oxygens (including phenoxy) is 3. The molecule has 0 saturated carbocycles. The van der Waals surface area contributed by atoms with Gasteiger partial charge in [-0.15, -0.1) is 0 Å². The minimum Gasteiger partial charge on any atom is -0.462 e. The Hall–Kier alpha value is -4.19. The predicted octanol–water partition coefficient (Wildman–Crippen LogP) is 17.7. The summed E-state index contributed by atoms with van der Waals surface area (Å²) in [6, 6.07) is 0. The molecule has 0 aromatic rings. The summed E-state index contributed by atoms with van der Waals surface area (Å²) < 4.78 is 16.7. The van der Waals surface area contributed by atoms with Crippen molar-refractivity contribution in [2.24, 2.45) is 0 Å². The van der Waals surface area contributed by atoms with Crippen LogP contribution in [0, 0.1) is 0 Å². The van der Waals surface area contributed by atoms with Crippen LogP contribution >= 0.6 is 0 Å². The number of hydrogen-bond donors (Lipinski definition) is 0. The van der Waals surface area contributed by atoms with Crippen LogP contribution in [0.25, 0.3) is 0 Å². The van der Waals surface area contributed by atoms with Gasteiger partial charge in [-0.3, -0.25) is 14.4 Å². The van der Waals surface area contributed by atoms with Crippen LogP contribution in [-0.4, -0.2) is 37.2 Å². The summed E-state index contributed by atoms with van der Waals surface area (Å²) in [6.07, 6.45) is 73.3. The van der Waals surface area contributed by atoms with Gasteiger partial charge in [-0.25, -0.2) is 0 Å². The van der Waals surface area contributed by atoms with E-state index in [-0.39, 0.29) is 44.0 Å². The first-order chi connectivity index (χ1) is 32.5. The number of esters is 3. The largest absolute Gasteiger partial charge is 0.462 e. The standard InChI is InChI=1S/C60H96O6/c1-4-7-10-13-16-19-22-25-28-30-32-35-38-41-44-47-50-53-59(62)65-56-57(55-64-58(61)52-49-46-43-40-37-34-27-24-21-18-15-12-9-6-3)66-60(63)54-51-48-45-42-39-36-33-31-29-26-23-20-17-14-11-8-5-2/h9,12,16-21,25-26,28-29,32-33,35-36,41-42,44-45,57H,4-8,10-11,13-15,22-24,27,30-31,34,37-40,43,46-56H2,1-3H3/b12-9-,19-16-,20-17-,21-18-,28-25-,29-26-,35-32-,36-33-,44-41-,45-42-. The van der Waals surface area contributed by atoms with Crippen LogP contribution in [0.4, 0.5) is 0 Å². The Morgan fingerprint density at radius 3 is 0.985 bits per heavy atom. The molecule has 1 atom stereocenters. The minimum absolute atomic E-state index is 0.124. The fourth-order valence-electron chi connectivity index (χ4n) is 6.70. The van der Waals surface area contributed by atoms with Crippen molar-refractivity contribution in [3.8, 4) is 0 Å². The van der Waals surface area contributed by atoms with Crippen molar-refractivity contribution in [3.05, 3.63) is 122 Å². The van der Waals surface area contributed by atoms with E-state index < -0.39 is 6.10 Å². The molecule has 0 spiro atoms. The van der Waals surface area contributed by atoms with E-state index in [0.29, 0.717) is 19.3 Å². The lowest BCUT2D eigenvalue weighted by Gasteiger charge is -2.18. The summed E-state index contributed by atoms with van der Waals surface area (Å²) in [7, 11) is 0. The van der Waals surface area contributed by atoms with Gasteiger partial charge in [0, 0.05) is 19.3 Å². The third kappa shape index (κ3) is 50.8. The van der Waals surface area contributed by atoms with Crippen molar-refractivity contribution in [1.82, 2.24) is 0 Å². The van der Waals surface area contributed by atoms with Crippen molar-refractivity contribution in [2.45, 2.75) is 226 Å². The maximum atomic E-state index is 12.8. The van der Waals surface area contributed by atoms with Crippen molar-refractivity contribution in [3.63, 3.8) is 0 Å². The average molecular weight is 913 g/mol. The van der Waals surface area contributed by atoms with Crippen LogP contribution in [0.15, 0.2) is 122 Å². The quantitative estimate of drug-likeness (QED) is 0.0262. The molecule has 0 rings (SSSR count). The summed E-state index contributed by atoms with van der Waals surface area (Å²) in [4.78, 5) is 38.0. The van der Waals surface area contributed by atoms with E-state index in [1.807, 2.05) is 0 Å². The molecule has 0 aliphatic rings. The molecule has 0 aliphatic carbocycles. The van der Waals surface area contributed by atoms with Gasteiger partial charge in [0.15, 0.2) is 6.10 Å². The number of carbonyl (C=O) groups is 3. The zero-order valence-electron chi connectivity index (χ0n) is 42.4. The van der Waals surface area contributed by atoms with Gasteiger partial charge < -0.3 is 14.2 Å². The lowest BCUT2D eigenvalue weighted by Crippen LogP contribution is -2.30. The minimum atomic E-state index is -0.835.